The van der Waals surface area contributed by atoms with Crippen molar-refractivity contribution < 1.29 is 13.9 Å². The number of hydrogen-bond donors (Lipinski definition) is 0. The molecule has 0 aliphatic carbocycles. The summed E-state index contributed by atoms with van der Waals surface area (Å²) in [6.07, 6.45) is 3.67. The van der Waals surface area contributed by atoms with Crippen molar-refractivity contribution in [1.82, 2.24) is 0 Å². The molecule has 0 aromatic rings. The second-order valence-electron chi connectivity index (χ2n) is 6.21. The lowest BCUT2D eigenvalue weighted by molar-refractivity contribution is -0.0616. The summed E-state index contributed by atoms with van der Waals surface area (Å²) in [4.78, 5) is 0. The summed E-state index contributed by atoms with van der Waals surface area (Å²) in [6.45, 7) is 13.3. The molecule has 0 fully saturated rings. The Morgan fingerprint density at radius 2 is 1.82 bits per heavy atom. The quantitative estimate of drug-likeness (QED) is 0.727. The highest BCUT2D eigenvalue weighted by Crippen LogP contribution is 2.38. The van der Waals surface area contributed by atoms with E-state index in [4.69, 9.17) is 13.9 Å². The fourth-order valence-electron chi connectivity index (χ4n) is 1.59. The van der Waals surface area contributed by atoms with Gasteiger partial charge in [0.2, 0.25) is 0 Å². The molecule has 1 rings (SSSR count). The molecule has 1 aliphatic heterocycles. The minimum atomic E-state index is -1.79. The maximum absolute atomic E-state index is 6.40. The van der Waals surface area contributed by atoms with Crippen LogP contribution < -0.4 is 0 Å². The van der Waals surface area contributed by atoms with Gasteiger partial charge in [-0.25, -0.2) is 0 Å². The van der Waals surface area contributed by atoms with Gasteiger partial charge in [0.15, 0.2) is 8.32 Å². The van der Waals surface area contributed by atoms with Crippen LogP contribution in [0, 0.1) is 0 Å². The molecule has 0 amide bonds. The van der Waals surface area contributed by atoms with Crippen LogP contribution in [0.2, 0.25) is 18.1 Å². The van der Waals surface area contributed by atoms with Gasteiger partial charge < -0.3 is 13.9 Å². The Balaban J connectivity index is 2.81. The minimum Gasteiger partial charge on any atom is -0.496 e. The molecule has 100 valence electrons. The number of ether oxygens (including phenoxy) is 2. The first-order chi connectivity index (χ1) is 7.69. The smallest absolute Gasteiger partial charge is 0.192 e. The van der Waals surface area contributed by atoms with Gasteiger partial charge in [0.1, 0.15) is 18.3 Å². The monoisotopic (exact) mass is 258 g/mol. The first-order valence-electron chi connectivity index (χ1n) is 6.22. The van der Waals surface area contributed by atoms with E-state index in [1.54, 1.807) is 13.4 Å². The van der Waals surface area contributed by atoms with E-state index in [-0.39, 0.29) is 23.4 Å². The highest BCUT2D eigenvalue weighted by molar-refractivity contribution is 6.74. The van der Waals surface area contributed by atoms with Gasteiger partial charge in [-0.05, 0) is 31.1 Å². The van der Waals surface area contributed by atoms with Crippen LogP contribution in [0.1, 0.15) is 27.7 Å². The maximum Gasteiger partial charge on any atom is 0.192 e. The van der Waals surface area contributed by atoms with Gasteiger partial charge in [0, 0.05) is 7.11 Å². The van der Waals surface area contributed by atoms with E-state index in [0.29, 0.717) is 0 Å². The highest BCUT2D eigenvalue weighted by Gasteiger charge is 2.43. The number of rotatable bonds is 3. The van der Waals surface area contributed by atoms with E-state index in [1.165, 1.54) is 0 Å². The van der Waals surface area contributed by atoms with Crippen molar-refractivity contribution in [1.29, 1.82) is 0 Å². The molecule has 1 heterocycles. The SMILES string of the molecule is CO[C@@H]1C=CO[C@H](C)[C@H]1O[Si](C)(C)C(C)(C)C. The summed E-state index contributed by atoms with van der Waals surface area (Å²) in [6, 6.07) is 0. The summed E-state index contributed by atoms with van der Waals surface area (Å²) in [5, 5.41) is 0.201. The Labute approximate surface area is 106 Å². The summed E-state index contributed by atoms with van der Waals surface area (Å²) < 4.78 is 17.4. The zero-order chi connectivity index (χ0) is 13.3. The third-order valence-electron chi connectivity index (χ3n) is 3.86. The van der Waals surface area contributed by atoms with Gasteiger partial charge in [0.25, 0.3) is 0 Å². The molecule has 0 spiro atoms. The highest BCUT2D eigenvalue weighted by atomic mass is 28.4. The largest absolute Gasteiger partial charge is 0.496 e. The lowest BCUT2D eigenvalue weighted by Crippen LogP contribution is -2.52. The van der Waals surface area contributed by atoms with Gasteiger partial charge >= 0.3 is 0 Å². The van der Waals surface area contributed by atoms with E-state index >= 15 is 0 Å². The summed E-state index contributed by atoms with van der Waals surface area (Å²) in [5.41, 5.74) is 0. The molecule has 0 N–H and O–H groups in total. The van der Waals surface area contributed by atoms with Crippen molar-refractivity contribution in [2.24, 2.45) is 0 Å². The molecule has 0 bridgehead atoms. The first kappa shape index (κ1) is 14.7. The second-order valence-corrected chi connectivity index (χ2v) is 11.0. The lowest BCUT2D eigenvalue weighted by atomic mass is 10.1. The van der Waals surface area contributed by atoms with Crippen LogP contribution >= 0.6 is 0 Å². The van der Waals surface area contributed by atoms with E-state index in [9.17, 15) is 0 Å². The van der Waals surface area contributed by atoms with Crippen LogP contribution in [-0.4, -0.2) is 33.7 Å². The van der Waals surface area contributed by atoms with Crippen molar-refractivity contribution in [3.05, 3.63) is 12.3 Å². The molecule has 0 aromatic heterocycles. The normalized spacial score (nSPS) is 30.2. The molecule has 1 aliphatic rings. The van der Waals surface area contributed by atoms with Crippen molar-refractivity contribution in [3.8, 4) is 0 Å². The van der Waals surface area contributed by atoms with Crippen molar-refractivity contribution in [2.45, 2.75) is 64.1 Å². The Morgan fingerprint density at radius 3 is 2.29 bits per heavy atom. The molecule has 17 heavy (non-hydrogen) atoms. The molecule has 0 saturated heterocycles. The molecule has 0 aromatic carbocycles. The maximum atomic E-state index is 6.40. The van der Waals surface area contributed by atoms with E-state index in [1.807, 2.05) is 13.0 Å². The van der Waals surface area contributed by atoms with Crippen LogP contribution in [0.3, 0.4) is 0 Å². The van der Waals surface area contributed by atoms with Crippen molar-refractivity contribution >= 4 is 8.32 Å². The molecular formula is C13H26O3Si. The zero-order valence-electron chi connectivity index (χ0n) is 12.1. The van der Waals surface area contributed by atoms with Crippen LogP contribution in [0.15, 0.2) is 12.3 Å². The topological polar surface area (TPSA) is 27.7 Å². The molecule has 3 nitrogen and oxygen atoms in total. The van der Waals surface area contributed by atoms with Crippen LogP contribution in [0.25, 0.3) is 0 Å². The molecule has 0 saturated carbocycles. The van der Waals surface area contributed by atoms with Crippen LogP contribution in [-0.2, 0) is 13.9 Å². The standard InChI is InChI=1S/C13H26O3Si/c1-10-12(11(14-5)8-9-15-10)16-17(6,7)13(2,3)4/h8-12H,1-7H3/t10-,11-,12-/m1/s1. The molecule has 0 unspecified atom stereocenters. The summed E-state index contributed by atoms with van der Waals surface area (Å²) in [7, 11) is -0.0688. The zero-order valence-corrected chi connectivity index (χ0v) is 13.1. The van der Waals surface area contributed by atoms with Crippen molar-refractivity contribution in [2.75, 3.05) is 7.11 Å². The Morgan fingerprint density at radius 1 is 1.24 bits per heavy atom. The fourth-order valence-corrected chi connectivity index (χ4v) is 2.95. The average Bonchev–Trinajstić information content (AvgIpc) is 2.19. The minimum absolute atomic E-state index is 0.00660. The Hall–Kier alpha value is -0.323. The first-order valence-corrected chi connectivity index (χ1v) is 9.12. The Kier molecular flexibility index (Phi) is 4.44. The number of methoxy groups -OCH3 is 1. The van der Waals surface area contributed by atoms with E-state index in [2.05, 4.69) is 33.9 Å². The van der Waals surface area contributed by atoms with Gasteiger partial charge in [0.05, 0.1) is 6.26 Å². The fraction of sp³-hybridized carbons (Fsp3) is 0.846. The summed E-state index contributed by atoms with van der Waals surface area (Å²) >= 11 is 0. The van der Waals surface area contributed by atoms with Gasteiger partial charge in [-0.15, -0.1) is 0 Å². The van der Waals surface area contributed by atoms with E-state index in [0.717, 1.165) is 0 Å². The average molecular weight is 258 g/mol. The molecule has 4 heteroatoms. The molecular weight excluding hydrogens is 232 g/mol. The van der Waals surface area contributed by atoms with Gasteiger partial charge in [-0.3, -0.25) is 0 Å². The van der Waals surface area contributed by atoms with Gasteiger partial charge in [-0.2, -0.15) is 0 Å². The summed E-state index contributed by atoms with van der Waals surface area (Å²) in [5.74, 6) is 0. The lowest BCUT2D eigenvalue weighted by Gasteiger charge is -2.43. The van der Waals surface area contributed by atoms with Crippen LogP contribution in [0.4, 0.5) is 0 Å². The molecule has 3 atom stereocenters. The third-order valence-corrected chi connectivity index (χ3v) is 8.33. The predicted octanol–water partition coefficient (Wildman–Crippen LogP) is 3.32. The Bertz CT molecular complexity index is 281. The second kappa shape index (κ2) is 5.12. The molecule has 0 radical (unpaired) electrons. The van der Waals surface area contributed by atoms with Crippen LogP contribution in [0.5, 0.6) is 0 Å². The third kappa shape index (κ3) is 3.33. The van der Waals surface area contributed by atoms with E-state index < -0.39 is 8.32 Å². The van der Waals surface area contributed by atoms with Crippen molar-refractivity contribution in [3.63, 3.8) is 0 Å². The number of hydrogen-bond acceptors (Lipinski definition) is 3. The van der Waals surface area contributed by atoms with Gasteiger partial charge in [-0.1, -0.05) is 20.8 Å². The predicted molar refractivity (Wildman–Crippen MR) is 72.6 cm³/mol.